The highest BCUT2D eigenvalue weighted by atomic mass is 35.5. The summed E-state index contributed by atoms with van der Waals surface area (Å²) in [4.78, 5) is 17.3. The molecule has 10 heteroatoms. The highest BCUT2D eigenvalue weighted by Crippen LogP contribution is 2.36. The molecule has 0 aliphatic heterocycles. The number of carbonyl (C=O) groups excluding carboxylic acids is 1. The Kier molecular flexibility index (Phi) is 5.86. The van der Waals surface area contributed by atoms with Crippen molar-refractivity contribution in [3.63, 3.8) is 0 Å². The van der Waals surface area contributed by atoms with Gasteiger partial charge < -0.3 is 15.2 Å². The second kappa shape index (κ2) is 8.60. The fourth-order valence-electron chi connectivity index (χ4n) is 3.30. The third-order valence-corrected chi connectivity index (χ3v) is 5.45. The van der Waals surface area contributed by atoms with Crippen molar-refractivity contribution in [2.75, 3.05) is 12.4 Å². The number of aliphatic hydroxyl groups is 1. The van der Waals surface area contributed by atoms with E-state index in [2.05, 4.69) is 20.5 Å². The lowest BCUT2D eigenvalue weighted by Crippen LogP contribution is -2.29. The van der Waals surface area contributed by atoms with E-state index in [4.69, 9.17) is 16.3 Å². The first-order valence-electron chi connectivity index (χ1n) is 10.0. The maximum atomic E-state index is 13.1. The fourth-order valence-corrected chi connectivity index (χ4v) is 3.47. The normalized spacial score (nSPS) is 13.2. The van der Waals surface area contributed by atoms with Crippen LogP contribution >= 0.6 is 11.6 Å². The summed E-state index contributed by atoms with van der Waals surface area (Å²) in [6.07, 6.45) is 6.99. The summed E-state index contributed by atoms with van der Waals surface area (Å²) in [5.74, 6) is 0.165. The molecule has 1 atom stereocenters. The predicted molar refractivity (Wildman–Crippen MR) is 121 cm³/mol. The highest BCUT2D eigenvalue weighted by molar-refractivity contribution is 6.31. The van der Waals surface area contributed by atoms with Gasteiger partial charge in [-0.1, -0.05) is 18.5 Å². The van der Waals surface area contributed by atoms with Crippen LogP contribution in [-0.2, 0) is 6.54 Å². The van der Waals surface area contributed by atoms with Crippen LogP contribution in [0.2, 0.25) is 5.02 Å². The van der Waals surface area contributed by atoms with Crippen molar-refractivity contribution in [1.82, 2.24) is 24.4 Å². The van der Waals surface area contributed by atoms with Gasteiger partial charge in [-0.2, -0.15) is 10.2 Å². The largest absolute Gasteiger partial charge is 0.496 e. The molecule has 0 bridgehead atoms. The number of nitrogens with one attached hydrogen (secondary N) is 1. The van der Waals surface area contributed by atoms with E-state index in [1.54, 1.807) is 61.6 Å². The van der Waals surface area contributed by atoms with Gasteiger partial charge in [0.15, 0.2) is 5.65 Å². The van der Waals surface area contributed by atoms with Gasteiger partial charge in [0.05, 0.1) is 31.1 Å². The molecule has 0 radical (unpaired) electrons. The lowest BCUT2D eigenvalue weighted by molar-refractivity contribution is 0.0346. The van der Waals surface area contributed by atoms with Gasteiger partial charge in [-0.05, 0) is 37.6 Å². The van der Waals surface area contributed by atoms with Crippen LogP contribution < -0.4 is 10.1 Å². The molecule has 0 aliphatic carbocycles. The van der Waals surface area contributed by atoms with E-state index < -0.39 is 5.60 Å². The minimum atomic E-state index is -0.963. The number of anilines is 1. The smallest absolute Gasteiger partial charge is 0.261 e. The summed E-state index contributed by atoms with van der Waals surface area (Å²) < 4.78 is 8.61. The van der Waals surface area contributed by atoms with Crippen molar-refractivity contribution >= 4 is 28.8 Å². The number of methoxy groups -OCH3 is 1. The first-order chi connectivity index (χ1) is 15.3. The summed E-state index contributed by atoms with van der Waals surface area (Å²) in [6, 6.07) is 6.90. The Labute approximate surface area is 189 Å². The number of hydrogen-bond acceptors (Lipinski definition) is 6. The first-order valence-corrected chi connectivity index (χ1v) is 10.4. The predicted octanol–water partition coefficient (Wildman–Crippen LogP) is 3.67. The van der Waals surface area contributed by atoms with Crippen molar-refractivity contribution in [2.45, 2.75) is 32.4 Å². The van der Waals surface area contributed by atoms with Gasteiger partial charge in [0.2, 0.25) is 0 Å². The molecule has 1 amide bonds. The second-order valence-corrected chi connectivity index (χ2v) is 8.12. The van der Waals surface area contributed by atoms with Crippen LogP contribution in [0.4, 0.5) is 5.69 Å². The molecular weight excluding hydrogens is 432 g/mol. The van der Waals surface area contributed by atoms with Crippen LogP contribution in [0.3, 0.4) is 0 Å². The molecule has 4 rings (SSSR count). The van der Waals surface area contributed by atoms with Gasteiger partial charge in [0, 0.05) is 29.2 Å². The Balaban J connectivity index is 1.77. The Hall–Kier alpha value is -3.43. The maximum absolute atomic E-state index is 13.1. The quantitative estimate of drug-likeness (QED) is 0.441. The molecule has 166 valence electrons. The second-order valence-electron chi connectivity index (χ2n) is 7.68. The zero-order chi connectivity index (χ0) is 22.9. The molecule has 0 saturated carbocycles. The molecule has 3 heterocycles. The molecule has 0 saturated heterocycles. The van der Waals surface area contributed by atoms with E-state index in [1.807, 2.05) is 6.92 Å². The number of ether oxygens (including phenoxy) is 1. The van der Waals surface area contributed by atoms with E-state index in [-0.39, 0.29) is 12.5 Å². The van der Waals surface area contributed by atoms with Gasteiger partial charge in [-0.15, -0.1) is 0 Å². The lowest BCUT2D eigenvalue weighted by Gasteiger charge is -2.20. The van der Waals surface area contributed by atoms with Crippen molar-refractivity contribution in [3.05, 3.63) is 59.6 Å². The molecule has 1 aromatic carbocycles. The van der Waals surface area contributed by atoms with E-state index in [0.717, 1.165) is 0 Å². The number of benzene rings is 1. The van der Waals surface area contributed by atoms with Crippen LogP contribution in [0.15, 0.2) is 49.1 Å². The summed E-state index contributed by atoms with van der Waals surface area (Å²) in [5, 5.41) is 22.7. The zero-order valence-corrected chi connectivity index (χ0v) is 18.7. The minimum Gasteiger partial charge on any atom is -0.496 e. The third-order valence-electron chi connectivity index (χ3n) is 5.21. The van der Waals surface area contributed by atoms with Gasteiger partial charge in [0.25, 0.3) is 5.91 Å². The Bertz CT molecular complexity index is 1280. The number of carbonyl (C=O) groups is 1. The average Bonchev–Trinajstić information content (AvgIpc) is 3.37. The Morgan fingerprint density at radius 1 is 1.38 bits per heavy atom. The van der Waals surface area contributed by atoms with Crippen molar-refractivity contribution in [3.8, 4) is 17.0 Å². The summed E-state index contributed by atoms with van der Waals surface area (Å²) in [6.45, 7) is 3.87. The summed E-state index contributed by atoms with van der Waals surface area (Å²) in [7, 11) is 1.55. The van der Waals surface area contributed by atoms with Crippen molar-refractivity contribution in [2.24, 2.45) is 0 Å². The molecule has 2 N–H and O–H groups in total. The summed E-state index contributed by atoms with van der Waals surface area (Å²) >= 11 is 6.23. The number of rotatable bonds is 7. The van der Waals surface area contributed by atoms with E-state index in [9.17, 15) is 9.90 Å². The number of hydrogen-bond donors (Lipinski definition) is 2. The van der Waals surface area contributed by atoms with Crippen molar-refractivity contribution < 1.29 is 14.6 Å². The van der Waals surface area contributed by atoms with Crippen LogP contribution in [0, 0.1) is 0 Å². The molecule has 0 aliphatic rings. The highest BCUT2D eigenvalue weighted by Gasteiger charge is 2.24. The maximum Gasteiger partial charge on any atom is 0.261 e. The van der Waals surface area contributed by atoms with E-state index in [0.29, 0.717) is 45.3 Å². The number of aromatic nitrogens is 5. The van der Waals surface area contributed by atoms with Gasteiger partial charge in [-0.3, -0.25) is 9.48 Å². The molecule has 32 heavy (non-hydrogen) atoms. The average molecular weight is 455 g/mol. The Morgan fingerprint density at radius 2 is 2.19 bits per heavy atom. The minimum absolute atomic E-state index is 0.244. The molecule has 3 aromatic heterocycles. The molecule has 4 aromatic rings. The van der Waals surface area contributed by atoms with Crippen LogP contribution in [0.1, 0.15) is 30.6 Å². The van der Waals surface area contributed by atoms with Crippen LogP contribution in [0.25, 0.3) is 16.9 Å². The molecular formula is C22H23ClN6O3. The van der Waals surface area contributed by atoms with Gasteiger partial charge in [-0.25, -0.2) is 9.50 Å². The first kappa shape index (κ1) is 21.8. The monoisotopic (exact) mass is 454 g/mol. The topological polar surface area (TPSA) is 107 Å². The lowest BCUT2D eigenvalue weighted by atomic mass is 10.0. The number of nitrogens with zero attached hydrogens (tertiary/aromatic N) is 5. The van der Waals surface area contributed by atoms with Gasteiger partial charge >= 0.3 is 0 Å². The standard InChI is InChI=1S/C22H23ClN6O3/c1-4-22(2,31)13-28-12-17(19(27-28)15-10-14(23)6-7-18(15)32-3)26-21(30)16-11-25-29-9-5-8-24-20(16)29/h5-12,31H,4,13H2,1-3H3,(H,26,30)/t22-/m0/s1. The molecule has 0 unspecified atom stereocenters. The Morgan fingerprint density at radius 3 is 2.94 bits per heavy atom. The number of halogens is 1. The van der Waals surface area contributed by atoms with Gasteiger partial charge in [0.1, 0.15) is 17.0 Å². The zero-order valence-electron chi connectivity index (χ0n) is 17.9. The molecule has 0 spiro atoms. The van der Waals surface area contributed by atoms with E-state index in [1.165, 1.54) is 10.7 Å². The third kappa shape index (κ3) is 4.30. The van der Waals surface area contributed by atoms with Crippen LogP contribution in [-0.4, -0.2) is 48.1 Å². The number of amides is 1. The van der Waals surface area contributed by atoms with Crippen molar-refractivity contribution in [1.29, 1.82) is 0 Å². The molecule has 0 fully saturated rings. The SMILES string of the molecule is CC[C@](C)(O)Cn1cc(NC(=O)c2cnn3cccnc23)c(-c2cc(Cl)ccc2OC)n1. The van der Waals surface area contributed by atoms with Crippen LogP contribution in [0.5, 0.6) is 5.75 Å². The summed E-state index contributed by atoms with van der Waals surface area (Å²) in [5.41, 5.74) is 1.32. The fraction of sp³-hybridized carbons (Fsp3) is 0.273. The van der Waals surface area contributed by atoms with E-state index >= 15 is 0 Å². The number of fused-ring (bicyclic) bond motifs is 1. The molecule has 9 nitrogen and oxygen atoms in total.